The van der Waals surface area contributed by atoms with Crippen LogP contribution < -0.4 is 0 Å². The van der Waals surface area contributed by atoms with Crippen molar-refractivity contribution in [3.05, 3.63) is 32.9 Å². The lowest BCUT2D eigenvalue weighted by molar-refractivity contribution is -0.233. The van der Waals surface area contributed by atoms with Crippen molar-refractivity contribution in [2.45, 2.75) is 98.0 Å². The molecule has 0 amide bonds. The molecule has 1 rings (SSSR count). The van der Waals surface area contributed by atoms with Crippen LogP contribution in [-0.2, 0) is 14.2 Å². The largest absolute Gasteiger partial charge is 0.345 e. The fourth-order valence-electron chi connectivity index (χ4n) is 3.48. The van der Waals surface area contributed by atoms with Gasteiger partial charge in [-0.2, -0.15) is 0 Å². The zero-order chi connectivity index (χ0) is 19.6. The molecule has 0 N–H and O–H groups in total. The van der Waals surface area contributed by atoms with Crippen molar-refractivity contribution in [1.82, 2.24) is 0 Å². The number of rotatable bonds is 4. The van der Waals surface area contributed by atoms with Gasteiger partial charge in [0.05, 0.1) is 5.85 Å². The molecule has 0 saturated carbocycles. The summed E-state index contributed by atoms with van der Waals surface area (Å²) in [5.41, 5.74) is 1.34. The Hall–Kier alpha value is 0.480. The van der Waals surface area contributed by atoms with Gasteiger partial charge in [0.25, 0.3) is 0 Å². The summed E-state index contributed by atoms with van der Waals surface area (Å²) < 4.78 is 17.7. The molecule has 0 spiro atoms. The van der Waals surface area contributed by atoms with Crippen LogP contribution in [0, 0.1) is 20.7 Å². The number of hydrogen-bond acceptors (Lipinski definition) is 3. The smallest absolute Gasteiger partial charge is 0.159 e. The molecule has 1 aliphatic heterocycles. The minimum Gasteiger partial charge on any atom is -0.345 e. The quantitative estimate of drug-likeness (QED) is 0.353. The average molecular weight is 418 g/mol. The van der Waals surface area contributed by atoms with Gasteiger partial charge in [-0.25, -0.2) is 0 Å². The van der Waals surface area contributed by atoms with Crippen LogP contribution in [-0.4, -0.2) is 41.1 Å². The van der Waals surface area contributed by atoms with Gasteiger partial charge in [0.2, 0.25) is 0 Å². The van der Waals surface area contributed by atoms with Crippen LogP contribution in [0.5, 0.6) is 0 Å². The Kier molecular flexibility index (Phi) is 12.8. The fraction of sp³-hybridized carbons (Fsp3) is 0.773. The molecule has 0 aromatic heterocycles. The van der Waals surface area contributed by atoms with E-state index >= 15 is 0 Å². The normalized spacial score (nSPS) is 28.0. The van der Waals surface area contributed by atoms with E-state index in [-0.39, 0.29) is 41.2 Å². The van der Waals surface area contributed by atoms with Crippen molar-refractivity contribution in [1.29, 1.82) is 0 Å². The first-order valence-corrected chi connectivity index (χ1v) is 12.4. The number of hydrogen-bond donors (Lipinski definition) is 0. The van der Waals surface area contributed by atoms with Gasteiger partial charge in [-0.15, -0.1) is 0 Å². The molecule has 5 heteroatoms. The van der Waals surface area contributed by atoms with Gasteiger partial charge in [-0.1, -0.05) is 76.5 Å². The summed E-state index contributed by atoms with van der Waals surface area (Å²) >= 11 is 0. The Labute approximate surface area is 173 Å². The van der Waals surface area contributed by atoms with Crippen LogP contribution in [0.2, 0.25) is 0 Å². The minimum absolute atomic E-state index is 0. The third-order valence-corrected chi connectivity index (χ3v) is 11.1. The second-order valence-corrected chi connectivity index (χ2v) is 15.4. The third kappa shape index (κ3) is 9.68. The summed E-state index contributed by atoms with van der Waals surface area (Å²) in [5, 5.41) is 0.637. The first-order chi connectivity index (χ1) is 11.2. The molecule has 0 aliphatic carbocycles. The Morgan fingerprint density at radius 2 is 1.44 bits per heavy atom. The Morgan fingerprint density at radius 3 is 1.89 bits per heavy atom. The van der Waals surface area contributed by atoms with Gasteiger partial charge < -0.3 is 14.2 Å². The van der Waals surface area contributed by atoms with Gasteiger partial charge in [0, 0.05) is 0 Å². The molecular formula is C22H43O3P2. The average Bonchev–Trinajstić information content (AvgIpc) is 2.37. The first kappa shape index (κ1) is 29.7. The van der Waals surface area contributed by atoms with Crippen molar-refractivity contribution >= 4 is 15.8 Å². The molecule has 1 aliphatic rings. The molecule has 159 valence electrons. The topological polar surface area (TPSA) is 27.7 Å². The van der Waals surface area contributed by atoms with Gasteiger partial charge >= 0.3 is 0 Å². The molecule has 3 nitrogen and oxygen atoms in total. The lowest BCUT2D eigenvalue weighted by Crippen LogP contribution is -2.31. The SMILES string of the molecule is C=C(CP1[C](C)OC(C)OC(C)OC1C)CP(C(C)(C)C)C(C)(C)C.[CH2].[CH2]. The van der Waals surface area contributed by atoms with E-state index in [4.69, 9.17) is 14.2 Å². The zero-order valence-corrected chi connectivity index (χ0v) is 21.2. The van der Waals surface area contributed by atoms with E-state index in [1.54, 1.807) is 0 Å². The molecule has 0 bridgehead atoms. The highest BCUT2D eigenvalue weighted by Crippen LogP contribution is 2.61. The fourth-order valence-corrected chi connectivity index (χ4v) is 9.36. The first-order valence-electron chi connectivity index (χ1n) is 9.24. The standard InChI is InChI=1S/C20H39O3P2.2CH2/c1-14(13-25(19(6,7)8)20(9,10)11)12-24-17(4)22-15(2)21-16(3)23-18(24)5;;/h15-17H,1,12-13H2,2-11H3;2*1H2. The summed E-state index contributed by atoms with van der Waals surface area (Å²) in [7, 11) is -0.702. The summed E-state index contributed by atoms with van der Waals surface area (Å²) in [6.07, 6.45) is 1.59. The maximum atomic E-state index is 6.05. The molecular weight excluding hydrogens is 374 g/mol. The van der Waals surface area contributed by atoms with Crippen LogP contribution in [0.1, 0.15) is 69.2 Å². The van der Waals surface area contributed by atoms with Gasteiger partial charge in [-0.05, 0) is 58.3 Å². The van der Waals surface area contributed by atoms with Crippen LogP contribution >= 0.6 is 15.8 Å². The zero-order valence-electron chi connectivity index (χ0n) is 19.4. The number of allylic oxidation sites excluding steroid dienone is 1. The Balaban J connectivity index is 0. The molecule has 1 saturated heterocycles. The summed E-state index contributed by atoms with van der Waals surface area (Å²) in [5.74, 6) is 1.17. The van der Waals surface area contributed by atoms with E-state index in [2.05, 4.69) is 62.0 Å². The minimum atomic E-state index is -0.530. The molecule has 4 unspecified atom stereocenters. The lowest BCUT2D eigenvalue weighted by Gasteiger charge is -2.43. The van der Waals surface area contributed by atoms with E-state index in [1.165, 1.54) is 5.57 Å². The molecule has 1 heterocycles. The molecule has 4 atom stereocenters. The third-order valence-electron chi connectivity index (χ3n) is 4.35. The molecule has 1 fully saturated rings. The van der Waals surface area contributed by atoms with Crippen molar-refractivity contribution in [3.8, 4) is 0 Å². The summed E-state index contributed by atoms with van der Waals surface area (Å²) in [6, 6.07) is 0. The monoisotopic (exact) mass is 417 g/mol. The maximum Gasteiger partial charge on any atom is 0.159 e. The predicted molar refractivity (Wildman–Crippen MR) is 123 cm³/mol. The van der Waals surface area contributed by atoms with Crippen LogP contribution in [0.15, 0.2) is 12.2 Å². The predicted octanol–water partition coefficient (Wildman–Crippen LogP) is 7.37. The van der Waals surface area contributed by atoms with Crippen LogP contribution in [0.3, 0.4) is 0 Å². The van der Waals surface area contributed by atoms with Crippen molar-refractivity contribution < 1.29 is 14.2 Å². The Bertz CT molecular complexity index is 410. The van der Waals surface area contributed by atoms with Crippen LogP contribution in [0.4, 0.5) is 0 Å². The Morgan fingerprint density at radius 1 is 0.963 bits per heavy atom. The van der Waals surface area contributed by atoms with E-state index in [9.17, 15) is 0 Å². The number of ether oxygens (including phenoxy) is 3. The van der Waals surface area contributed by atoms with E-state index in [1.807, 2.05) is 13.8 Å². The van der Waals surface area contributed by atoms with E-state index in [0.29, 0.717) is 10.3 Å². The van der Waals surface area contributed by atoms with E-state index in [0.717, 1.165) is 18.2 Å². The van der Waals surface area contributed by atoms with E-state index < -0.39 is 7.92 Å². The van der Waals surface area contributed by atoms with Crippen molar-refractivity contribution in [2.24, 2.45) is 0 Å². The summed E-state index contributed by atoms with van der Waals surface area (Å²) in [6.45, 7) is 26.7. The van der Waals surface area contributed by atoms with Gasteiger partial charge in [0.15, 0.2) is 12.6 Å². The highest BCUT2D eigenvalue weighted by molar-refractivity contribution is 7.62. The second kappa shape index (κ2) is 11.6. The lowest BCUT2D eigenvalue weighted by atomic mass is 10.2. The molecule has 27 heavy (non-hydrogen) atoms. The molecule has 0 aromatic carbocycles. The molecule has 5 radical (unpaired) electrons. The molecule has 0 aromatic rings. The highest BCUT2D eigenvalue weighted by Gasteiger charge is 2.36. The second-order valence-electron chi connectivity index (χ2n) is 8.95. The van der Waals surface area contributed by atoms with Crippen LogP contribution in [0.25, 0.3) is 0 Å². The van der Waals surface area contributed by atoms with Gasteiger partial charge in [0.1, 0.15) is 5.85 Å². The highest BCUT2D eigenvalue weighted by atomic mass is 31.1. The van der Waals surface area contributed by atoms with Gasteiger partial charge in [-0.3, -0.25) is 0 Å². The van der Waals surface area contributed by atoms with Crippen molar-refractivity contribution in [2.75, 3.05) is 12.3 Å². The summed E-state index contributed by atoms with van der Waals surface area (Å²) in [4.78, 5) is 0. The maximum absolute atomic E-state index is 6.05. The van der Waals surface area contributed by atoms with Crippen molar-refractivity contribution in [3.63, 3.8) is 0 Å².